The molecule has 1 atom stereocenters. The molecule has 2 N–H and O–H groups in total. The highest BCUT2D eigenvalue weighted by Gasteiger charge is 2.31. The number of aliphatic carboxylic acids is 1. The monoisotopic (exact) mass is 186 g/mol. The molecule has 3 heteroatoms. The van der Waals surface area contributed by atoms with E-state index >= 15 is 0 Å². The molecular weight excluding hydrogens is 168 g/mol. The highest BCUT2D eigenvalue weighted by atomic mass is 16.4. The Balaban J connectivity index is 3.84. The first-order valence-corrected chi connectivity index (χ1v) is 4.52. The van der Waals surface area contributed by atoms with E-state index in [-0.39, 0.29) is 6.61 Å². The van der Waals surface area contributed by atoms with Crippen molar-refractivity contribution in [3.05, 3.63) is 12.7 Å². The van der Waals surface area contributed by atoms with Crippen LogP contribution in [0, 0.1) is 5.41 Å². The predicted molar refractivity (Wildman–Crippen MR) is 51.5 cm³/mol. The zero-order valence-corrected chi connectivity index (χ0v) is 8.12. The summed E-state index contributed by atoms with van der Waals surface area (Å²) in [6, 6.07) is 0. The van der Waals surface area contributed by atoms with Crippen molar-refractivity contribution in [3.8, 4) is 0 Å². The number of hydrogen-bond donors (Lipinski definition) is 2. The number of aliphatic hydroxyl groups is 1. The predicted octanol–water partition coefficient (Wildman–Crippen LogP) is 1.82. The lowest BCUT2D eigenvalue weighted by Crippen LogP contribution is -2.31. The van der Waals surface area contributed by atoms with Gasteiger partial charge in [-0.05, 0) is 26.2 Å². The van der Waals surface area contributed by atoms with E-state index in [0.29, 0.717) is 6.42 Å². The van der Waals surface area contributed by atoms with E-state index in [2.05, 4.69) is 6.58 Å². The average Bonchev–Trinajstić information content (AvgIpc) is 2.12. The summed E-state index contributed by atoms with van der Waals surface area (Å²) in [5.74, 6) is -0.923. The maximum Gasteiger partial charge on any atom is 0.311 e. The minimum atomic E-state index is -0.971. The van der Waals surface area contributed by atoms with Crippen LogP contribution in [-0.2, 0) is 4.79 Å². The van der Waals surface area contributed by atoms with Crippen molar-refractivity contribution in [1.29, 1.82) is 0 Å². The summed E-state index contributed by atoms with van der Waals surface area (Å²) in [5.41, 5.74) is -0.971. The Labute approximate surface area is 79.1 Å². The van der Waals surface area contributed by atoms with Gasteiger partial charge in [0.25, 0.3) is 0 Å². The van der Waals surface area contributed by atoms with Crippen LogP contribution in [0.15, 0.2) is 12.7 Å². The molecule has 0 aromatic carbocycles. The number of aliphatic hydroxyl groups excluding tert-OH is 1. The van der Waals surface area contributed by atoms with Crippen LogP contribution >= 0.6 is 0 Å². The third-order valence-corrected chi connectivity index (χ3v) is 2.25. The second-order valence-corrected chi connectivity index (χ2v) is 3.56. The van der Waals surface area contributed by atoms with Crippen molar-refractivity contribution < 1.29 is 15.0 Å². The van der Waals surface area contributed by atoms with Crippen molar-refractivity contribution in [2.75, 3.05) is 6.61 Å². The second kappa shape index (κ2) is 5.75. The largest absolute Gasteiger partial charge is 0.481 e. The maximum atomic E-state index is 10.7. The molecule has 0 aromatic heterocycles. The highest BCUT2D eigenvalue weighted by molar-refractivity contribution is 5.74. The number of rotatable bonds is 7. The molecule has 0 fully saturated rings. The molecule has 13 heavy (non-hydrogen) atoms. The lowest BCUT2D eigenvalue weighted by Gasteiger charge is -2.21. The summed E-state index contributed by atoms with van der Waals surface area (Å²) in [7, 11) is 0. The van der Waals surface area contributed by atoms with Crippen molar-refractivity contribution in [2.24, 2.45) is 5.41 Å². The molecule has 0 spiro atoms. The van der Waals surface area contributed by atoms with E-state index in [4.69, 9.17) is 10.2 Å². The summed E-state index contributed by atoms with van der Waals surface area (Å²) in [5, 5.41) is 17.7. The first-order chi connectivity index (χ1) is 6.06. The topological polar surface area (TPSA) is 57.5 Å². The van der Waals surface area contributed by atoms with E-state index in [9.17, 15) is 4.79 Å². The van der Waals surface area contributed by atoms with Crippen LogP contribution in [0.1, 0.15) is 32.6 Å². The number of hydrogen-bond acceptors (Lipinski definition) is 2. The molecule has 0 rings (SSSR count). The number of allylic oxidation sites excluding steroid dienone is 1. The molecule has 0 aromatic rings. The molecular formula is C10H18O3. The van der Waals surface area contributed by atoms with E-state index in [0.717, 1.165) is 19.3 Å². The zero-order chi connectivity index (χ0) is 10.3. The molecule has 0 amide bonds. The Morgan fingerprint density at radius 3 is 2.54 bits per heavy atom. The molecule has 0 aliphatic carbocycles. The molecule has 0 bridgehead atoms. The van der Waals surface area contributed by atoms with E-state index in [1.807, 2.05) is 6.08 Å². The third kappa shape index (κ3) is 4.08. The van der Waals surface area contributed by atoms with Gasteiger partial charge in [-0.25, -0.2) is 0 Å². The minimum Gasteiger partial charge on any atom is -0.481 e. The van der Waals surface area contributed by atoms with Crippen LogP contribution in [0.5, 0.6) is 0 Å². The van der Waals surface area contributed by atoms with Crippen LogP contribution in [0.25, 0.3) is 0 Å². The standard InChI is InChI=1S/C10H18O3/c1-3-4-5-6-7-10(2,8-11)9(12)13/h3,11H,1,4-8H2,2H3,(H,12,13). The Bertz CT molecular complexity index is 177. The molecule has 0 aliphatic heterocycles. The third-order valence-electron chi connectivity index (χ3n) is 2.25. The Hall–Kier alpha value is -0.830. The first-order valence-electron chi connectivity index (χ1n) is 4.52. The molecule has 0 saturated heterocycles. The molecule has 1 unspecified atom stereocenters. The van der Waals surface area contributed by atoms with Gasteiger partial charge in [0.2, 0.25) is 0 Å². The van der Waals surface area contributed by atoms with Crippen LogP contribution in [0.2, 0.25) is 0 Å². The van der Waals surface area contributed by atoms with Crippen molar-refractivity contribution in [1.82, 2.24) is 0 Å². The first kappa shape index (κ1) is 12.2. The van der Waals surface area contributed by atoms with Crippen LogP contribution < -0.4 is 0 Å². The van der Waals surface area contributed by atoms with Crippen LogP contribution in [0.3, 0.4) is 0 Å². The number of carbonyl (C=O) groups is 1. The Morgan fingerprint density at radius 2 is 2.15 bits per heavy atom. The van der Waals surface area contributed by atoms with Gasteiger partial charge in [0.15, 0.2) is 0 Å². The Kier molecular flexibility index (Phi) is 5.39. The quantitative estimate of drug-likeness (QED) is 0.471. The van der Waals surface area contributed by atoms with Gasteiger partial charge in [-0.15, -0.1) is 6.58 Å². The summed E-state index contributed by atoms with van der Waals surface area (Å²) < 4.78 is 0. The van der Waals surface area contributed by atoms with Crippen LogP contribution in [-0.4, -0.2) is 22.8 Å². The van der Waals surface area contributed by atoms with Gasteiger partial charge in [0.1, 0.15) is 0 Å². The fourth-order valence-electron chi connectivity index (χ4n) is 1.06. The molecule has 0 radical (unpaired) electrons. The molecule has 0 aliphatic rings. The van der Waals surface area contributed by atoms with Gasteiger partial charge in [-0.1, -0.05) is 12.5 Å². The number of carboxylic acids is 1. The molecule has 3 nitrogen and oxygen atoms in total. The lowest BCUT2D eigenvalue weighted by atomic mass is 9.86. The lowest BCUT2D eigenvalue weighted by molar-refractivity contribution is -0.150. The van der Waals surface area contributed by atoms with Gasteiger partial charge in [0.05, 0.1) is 12.0 Å². The van der Waals surface area contributed by atoms with Crippen LogP contribution in [0.4, 0.5) is 0 Å². The number of carboxylic acid groups (broad SMARTS) is 1. The zero-order valence-electron chi connectivity index (χ0n) is 8.12. The Morgan fingerprint density at radius 1 is 1.54 bits per heavy atom. The molecule has 76 valence electrons. The van der Waals surface area contributed by atoms with E-state index in [1.54, 1.807) is 6.92 Å². The molecule has 0 saturated carbocycles. The summed E-state index contributed by atoms with van der Waals surface area (Å²) >= 11 is 0. The van der Waals surface area contributed by atoms with Crippen molar-refractivity contribution in [3.63, 3.8) is 0 Å². The van der Waals surface area contributed by atoms with E-state index < -0.39 is 11.4 Å². The summed E-state index contributed by atoms with van der Waals surface area (Å²) in [4.78, 5) is 10.7. The van der Waals surface area contributed by atoms with Gasteiger partial charge >= 0.3 is 5.97 Å². The SMILES string of the molecule is C=CCCCCC(C)(CO)C(=O)O. The van der Waals surface area contributed by atoms with Gasteiger partial charge < -0.3 is 10.2 Å². The van der Waals surface area contributed by atoms with Gasteiger partial charge in [0, 0.05) is 0 Å². The fraction of sp³-hybridized carbons (Fsp3) is 0.700. The van der Waals surface area contributed by atoms with Crippen molar-refractivity contribution >= 4 is 5.97 Å². The average molecular weight is 186 g/mol. The minimum absolute atomic E-state index is 0.295. The summed E-state index contributed by atoms with van der Waals surface area (Å²) in [6.45, 7) is 4.86. The maximum absolute atomic E-state index is 10.7. The van der Waals surface area contributed by atoms with E-state index in [1.165, 1.54) is 0 Å². The fourth-order valence-corrected chi connectivity index (χ4v) is 1.06. The van der Waals surface area contributed by atoms with Gasteiger partial charge in [-0.3, -0.25) is 4.79 Å². The summed E-state index contributed by atoms with van der Waals surface area (Å²) in [6.07, 6.45) is 4.99. The number of unbranched alkanes of at least 4 members (excludes halogenated alkanes) is 2. The normalized spacial score (nSPS) is 14.9. The van der Waals surface area contributed by atoms with Crippen molar-refractivity contribution in [2.45, 2.75) is 32.6 Å². The molecule has 0 heterocycles. The second-order valence-electron chi connectivity index (χ2n) is 3.56. The smallest absolute Gasteiger partial charge is 0.311 e. The van der Waals surface area contributed by atoms with Gasteiger partial charge in [-0.2, -0.15) is 0 Å². The highest BCUT2D eigenvalue weighted by Crippen LogP contribution is 2.24.